The summed E-state index contributed by atoms with van der Waals surface area (Å²) < 4.78 is 18.5. The molecule has 3 amide bonds. The second-order valence-corrected chi connectivity index (χ2v) is 15.0. The van der Waals surface area contributed by atoms with Crippen molar-refractivity contribution < 1.29 is 38.5 Å². The van der Waals surface area contributed by atoms with Gasteiger partial charge >= 0.3 is 5.97 Å². The van der Waals surface area contributed by atoms with E-state index in [1.807, 2.05) is 18.2 Å². The first-order chi connectivity index (χ1) is 25.1. The highest BCUT2D eigenvalue weighted by Crippen LogP contribution is 2.60. The number of ether oxygens (including phenoxy) is 3. The normalized spacial score (nSPS) is 25.7. The van der Waals surface area contributed by atoms with E-state index in [0.29, 0.717) is 48.4 Å². The lowest BCUT2D eigenvalue weighted by Gasteiger charge is -2.37. The van der Waals surface area contributed by atoms with Crippen molar-refractivity contribution in [1.82, 2.24) is 10.2 Å². The molecule has 52 heavy (non-hydrogen) atoms. The minimum Gasteiger partial charge on any atom is -0.455 e. The van der Waals surface area contributed by atoms with Gasteiger partial charge < -0.3 is 34.4 Å². The number of anilines is 1. The number of rotatable bonds is 19. The number of carbonyl (C=O) groups is 4. The van der Waals surface area contributed by atoms with E-state index in [2.05, 4.69) is 34.4 Å². The summed E-state index contributed by atoms with van der Waals surface area (Å²) in [5, 5.41) is 12.7. The number of hydrogen-bond acceptors (Lipinski definition) is 8. The number of carbonyl (C=O) groups excluding carboxylic acids is 4. The van der Waals surface area contributed by atoms with Gasteiger partial charge in [0.2, 0.25) is 11.8 Å². The van der Waals surface area contributed by atoms with Crippen LogP contribution in [0.4, 0.5) is 5.69 Å². The van der Waals surface area contributed by atoms with Crippen molar-refractivity contribution in [2.24, 2.45) is 11.8 Å². The number of nitrogens with one attached hydrogen (secondary N) is 1. The molecule has 2 aromatic carbocycles. The van der Waals surface area contributed by atoms with Gasteiger partial charge in [-0.25, -0.2) is 0 Å². The van der Waals surface area contributed by atoms with Crippen molar-refractivity contribution >= 4 is 56.9 Å². The van der Waals surface area contributed by atoms with E-state index < -0.39 is 53.6 Å². The van der Waals surface area contributed by atoms with Crippen LogP contribution in [0.15, 0.2) is 79.9 Å². The van der Waals surface area contributed by atoms with Crippen LogP contribution >= 0.6 is 27.5 Å². The first-order valence-electron chi connectivity index (χ1n) is 17.7. The Hall–Kier alpha value is -3.55. The molecule has 0 radical (unpaired) electrons. The smallest absolute Gasteiger partial charge is 0.313 e. The van der Waals surface area contributed by atoms with Crippen LogP contribution in [0.3, 0.4) is 0 Å². The number of halogens is 2. The number of hydrogen-bond donors (Lipinski definition) is 2. The Balaban J connectivity index is 1.52. The number of fused-ring (bicyclic) bond motifs is 1. The molecule has 280 valence electrons. The van der Waals surface area contributed by atoms with Crippen LogP contribution in [0.25, 0.3) is 0 Å². The summed E-state index contributed by atoms with van der Waals surface area (Å²) in [5.41, 5.74) is -0.251. The standard InChI is InChI=1S/C39H47BrClN3O8/c1-4-6-19-30(46)42-28(24-50-3)33(25-15-9-7-10-16-25)51-38(49)31-32-36(47)44(21-13-8-14-22-45)35(39(32)23-26(40)34(31)52-39)37(48)43(20-5-2)29-18-12-11-17-27(29)41/h4-5,7,9-12,15-18,26,28,31-35,45H,1-2,6,8,13-14,19-24H2,3H3,(H,42,46)/t26?,28-,31-,32+,33-,34-,35-,39+/m0/s1. The monoisotopic (exact) mass is 799 g/mol. The molecule has 8 atom stereocenters. The predicted octanol–water partition coefficient (Wildman–Crippen LogP) is 5.15. The molecule has 3 saturated heterocycles. The van der Waals surface area contributed by atoms with E-state index >= 15 is 0 Å². The lowest BCUT2D eigenvalue weighted by Crippen LogP contribution is -2.57. The van der Waals surface area contributed by atoms with Gasteiger partial charge in [0.1, 0.15) is 17.7 Å². The van der Waals surface area contributed by atoms with Gasteiger partial charge in [-0.3, -0.25) is 19.2 Å². The number of methoxy groups -OCH3 is 1. The Morgan fingerprint density at radius 3 is 2.54 bits per heavy atom. The van der Waals surface area contributed by atoms with E-state index in [0.717, 1.165) is 0 Å². The molecule has 1 unspecified atom stereocenters. The zero-order chi connectivity index (χ0) is 37.4. The second kappa shape index (κ2) is 18.0. The number of allylic oxidation sites excluding steroid dienone is 1. The first-order valence-corrected chi connectivity index (χ1v) is 19.0. The molecule has 13 heteroatoms. The number of para-hydroxylation sites is 1. The first kappa shape index (κ1) is 39.7. The molecule has 11 nitrogen and oxygen atoms in total. The molecule has 2 aromatic rings. The van der Waals surface area contributed by atoms with Gasteiger partial charge in [-0.15, -0.1) is 13.2 Å². The van der Waals surface area contributed by atoms with Crippen LogP contribution < -0.4 is 10.2 Å². The highest BCUT2D eigenvalue weighted by atomic mass is 79.9. The largest absolute Gasteiger partial charge is 0.455 e. The van der Waals surface area contributed by atoms with Gasteiger partial charge in [0.15, 0.2) is 0 Å². The predicted molar refractivity (Wildman–Crippen MR) is 201 cm³/mol. The third-order valence-electron chi connectivity index (χ3n) is 10.1. The fourth-order valence-electron chi connectivity index (χ4n) is 7.87. The number of esters is 1. The maximum atomic E-state index is 14.9. The van der Waals surface area contributed by atoms with E-state index in [4.69, 9.17) is 25.8 Å². The Labute approximate surface area is 318 Å². The Kier molecular flexibility index (Phi) is 13.7. The number of likely N-dealkylation sites (tertiary alicyclic amines) is 1. The average molecular weight is 801 g/mol. The summed E-state index contributed by atoms with van der Waals surface area (Å²) in [6, 6.07) is 14.2. The molecule has 3 aliphatic rings. The molecule has 5 rings (SSSR count). The SMILES string of the molecule is C=CCCC(=O)N[C@@H](COC)[C@@H](OC(=O)[C@@H]1[C@H]2O[C@@]3(CC2Br)[C@H](C(=O)N(CC=C)c2ccccc2Cl)N(CCCCCO)C(=O)[C@@H]13)c1ccccc1. The van der Waals surface area contributed by atoms with Crippen LogP contribution in [-0.4, -0.2) is 95.7 Å². The van der Waals surface area contributed by atoms with Gasteiger partial charge in [0.05, 0.1) is 41.3 Å². The number of unbranched alkanes of at least 4 members (excludes halogenated alkanes) is 2. The van der Waals surface area contributed by atoms with Crippen LogP contribution in [0.1, 0.15) is 50.2 Å². The van der Waals surface area contributed by atoms with Crippen molar-refractivity contribution in [2.45, 2.75) is 73.2 Å². The number of amides is 3. The maximum absolute atomic E-state index is 14.9. The summed E-state index contributed by atoms with van der Waals surface area (Å²) >= 11 is 10.3. The minimum atomic E-state index is -1.35. The van der Waals surface area contributed by atoms with E-state index in [-0.39, 0.29) is 49.4 Å². The summed E-state index contributed by atoms with van der Waals surface area (Å²) in [4.78, 5) is 59.7. The number of benzene rings is 2. The lowest BCUT2D eigenvalue weighted by molar-refractivity contribution is -0.163. The van der Waals surface area contributed by atoms with Gasteiger partial charge in [-0.2, -0.15) is 0 Å². The number of alkyl halides is 1. The fraction of sp³-hybridized carbons (Fsp3) is 0.487. The van der Waals surface area contributed by atoms with Crippen molar-refractivity contribution in [3.8, 4) is 0 Å². The van der Waals surface area contributed by atoms with Gasteiger partial charge in [0.25, 0.3) is 5.91 Å². The third kappa shape index (κ3) is 8.01. The summed E-state index contributed by atoms with van der Waals surface area (Å²) in [7, 11) is 1.50. The van der Waals surface area contributed by atoms with Gasteiger partial charge in [0, 0.05) is 38.1 Å². The topological polar surface area (TPSA) is 135 Å². The molecule has 2 bridgehead atoms. The third-order valence-corrected chi connectivity index (χ3v) is 11.2. The maximum Gasteiger partial charge on any atom is 0.313 e. The molecule has 0 aromatic heterocycles. The highest BCUT2D eigenvalue weighted by molar-refractivity contribution is 9.09. The van der Waals surface area contributed by atoms with Crippen LogP contribution in [0.2, 0.25) is 5.02 Å². The van der Waals surface area contributed by atoms with Crippen molar-refractivity contribution in [3.63, 3.8) is 0 Å². The molecular weight excluding hydrogens is 754 g/mol. The number of aliphatic hydroxyl groups is 1. The molecule has 1 spiro atoms. The molecular formula is C39H47BrClN3O8. The molecule has 3 fully saturated rings. The molecule has 3 aliphatic heterocycles. The van der Waals surface area contributed by atoms with Gasteiger partial charge in [-0.05, 0) is 49.8 Å². The number of aliphatic hydroxyl groups excluding tert-OH is 1. The summed E-state index contributed by atoms with van der Waals surface area (Å²) in [5.74, 6) is -3.76. The molecule has 2 N–H and O–H groups in total. The van der Waals surface area contributed by atoms with Crippen molar-refractivity contribution in [2.75, 3.05) is 38.3 Å². The highest BCUT2D eigenvalue weighted by Gasteiger charge is 2.77. The van der Waals surface area contributed by atoms with Crippen molar-refractivity contribution in [1.29, 1.82) is 0 Å². The second-order valence-electron chi connectivity index (χ2n) is 13.4. The Bertz CT molecular complexity index is 1610. The van der Waals surface area contributed by atoms with E-state index in [1.54, 1.807) is 53.5 Å². The van der Waals surface area contributed by atoms with E-state index in [9.17, 15) is 24.3 Å². The lowest BCUT2D eigenvalue weighted by atomic mass is 9.70. The van der Waals surface area contributed by atoms with Crippen LogP contribution in [-0.2, 0) is 33.4 Å². The zero-order valence-corrected chi connectivity index (χ0v) is 31.7. The van der Waals surface area contributed by atoms with Crippen LogP contribution in [0, 0.1) is 11.8 Å². The fourth-order valence-corrected chi connectivity index (χ4v) is 9.05. The van der Waals surface area contributed by atoms with E-state index in [1.165, 1.54) is 12.0 Å². The Morgan fingerprint density at radius 2 is 1.87 bits per heavy atom. The zero-order valence-electron chi connectivity index (χ0n) is 29.3. The molecule has 0 aliphatic carbocycles. The molecule has 0 saturated carbocycles. The van der Waals surface area contributed by atoms with Gasteiger partial charge in [-0.1, -0.05) is 82.1 Å². The minimum absolute atomic E-state index is 0.00775. The molecule has 3 heterocycles. The van der Waals surface area contributed by atoms with Crippen molar-refractivity contribution in [3.05, 3.63) is 90.5 Å². The summed E-state index contributed by atoms with van der Waals surface area (Å²) in [6.45, 7) is 7.95. The Morgan fingerprint density at radius 1 is 1.13 bits per heavy atom. The number of nitrogens with zero attached hydrogens (tertiary/aromatic N) is 2. The van der Waals surface area contributed by atoms with Crippen LogP contribution in [0.5, 0.6) is 0 Å². The quantitative estimate of drug-likeness (QED) is 0.0863. The summed E-state index contributed by atoms with van der Waals surface area (Å²) in [6.07, 6.45) is 4.20. The average Bonchev–Trinajstić information content (AvgIpc) is 3.73.